The zero-order valence-corrected chi connectivity index (χ0v) is 19.2. The topological polar surface area (TPSA) is 80.2 Å². The lowest BCUT2D eigenvalue weighted by atomic mass is 10.0. The maximum absolute atomic E-state index is 12.1. The Bertz CT molecular complexity index is 898. The zero-order valence-electron chi connectivity index (χ0n) is 16.0. The maximum atomic E-state index is 12.1. The predicted octanol–water partition coefficient (Wildman–Crippen LogP) is 4.89. The van der Waals surface area contributed by atoms with Gasteiger partial charge >= 0.3 is 0 Å². The zero-order chi connectivity index (χ0) is 20.8. The van der Waals surface area contributed by atoms with Gasteiger partial charge in [-0.2, -0.15) is 5.10 Å². The number of ether oxygens (including phenoxy) is 2. The lowest BCUT2D eigenvalue weighted by Gasteiger charge is -2.18. The number of carbonyl (C=O) groups excluding carboxylic acids is 1. The highest BCUT2D eigenvalue weighted by atomic mass is 79.9. The van der Waals surface area contributed by atoms with E-state index in [1.165, 1.54) is 19.4 Å². The Morgan fingerprint density at radius 2 is 2.04 bits per heavy atom. The quantitative estimate of drug-likeness (QED) is 0.408. The third kappa shape index (κ3) is 5.48. The van der Waals surface area contributed by atoms with Gasteiger partial charge in [0, 0.05) is 4.47 Å². The number of benzene rings is 2. The molecular formula is C20H22Br2N2O4. The monoisotopic (exact) mass is 512 g/mol. The first-order valence-electron chi connectivity index (χ1n) is 8.54. The second kappa shape index (κ2) is 9.93. The summed E-state index contributed by atoms with van der Waals surface area (Å²) in [6.07, 6.45) is 1.46. The van der Waals surface area contributed by atoms with Gasteiger partial charge in [-0.15, -0.1) is 0 Å². The lowest BCUT2D eigenvalue weighted by Crippen LogP contribution is -2.25. The number of hydrazone groups is 1. The van der Waals surface area contributed by atoms with E-state index >= 15 is 0 Å². The van der Waals surface area contributed by atoms with Gasteiger partial charge in [-0.05, 0) is 69.7 Å². The fourth-order valence-corrected chi connectivity index (χ4v) is 3.68. The Morgan fingerprint density at radius 3 is 2.68 bits per heavy atom. The molecule has 0 atom stereocenters. The molecule has 0 aliphatic rings. The lowest BCUT2D eigenvalue weighted by molar-refractivity contribution is -0.123. The van der Waals surface area contributed by atoms with E-state index in [2.05, 4.69) is 56.2 Å². The van der Waals surface area contributed by atoms with Crippen LogP contribution in [-0.2, 0) is 4.79 Å². The van der Waals surface area contributed by atoms with Gasteiger partial charge in [0.15, 0.2) is 18.1 Å². The fourth-order valence-electron chi connectivity index (χ4n) is 2.41. The molecule has 6 nitrogen and oxygen atoms in total. The molecule has 2 aromatic carbocycles. The van der Waals surface area contributed by atoms with Crippen molar-refractivity contribution in [3.8, 4) is 17.2 Å². The van der Waals surface area contributed by atoms with E-state index in [1.54, 1.807) is 12.1 Å². The highest BCUT2D eigenvalue weighted by Gasteiger charge is 2.17. The number of hydrogen-bond donors (Lipinski definition) is 2. The minimum Gasteiger partial charge on any atom is -0.504 e. The molecule has 0 fully saturated rings. The minimum absolute atomic E-state index is 0.0356. The summed E-state index contributed by atoms with van der Waals surface area (Å²) in [7, 11) is 1.46. The molecule has 28 heavy (non-hydrogen) atoms. The van der Waals surface area contributed by atoms with Crippen LogP contribution in [0.2, 0.25) is 0 Å². The van der Waals surface area contributed by atoms with E-state index < -0.39 is 0 Å². The van der Waals surface area contributed by atoms with Crippen LogP contribution in [0.5, 0.6) is 17.2 Å². The molecule has 0 aliphatic carbocycles. The molecule has 8 heteroatoms. The number of carbonyl (C=O) groups is 1. The Kier molecular flexibility index (Phi) is 7.88. The van der Waals surface area contributed by atoms with Crippen molar-refractivity contribution in [3.63, 3.8) is 0 Å². The van der Waals surface area contributed by atoms with Crippen LogP contribution in [-0.4, -0.2) is 30.9 Å². The molecule has 1 amide bonds. The summed E-state index contributed by atoms with van der Waals surface area (Å²) in [4.78, 5) is 12.1. The van der Waals surface area contributed by atoms with E-state index in [4.69, 9.17) is 9.47 Å². The number of rotatable bonds is 7. The van der Waals surface area contributed by atoms with E-state index in [0.29, 0.717) is 17.1 Å². The summed E-state index contributed by atoms with van der Waals surface area (Å²) in [5.41, 5.74) is 5.09. The van der Waals surface area contributed by atoms with Crippen molar-refractivity contribution < 1.29 is 19.4 Å². The van der Waals surface area contributed by atoms with Crippen LogP contribution in [0.4, 0.5) is 0 Å². The van der Waals surface area contributed by atoms with Crippen LogP contribution in [0.15, 0.2) is 38.3 Å². The van der Waals surface area contributed by atoms with Gasteiger partial charge in [0.25, 0.3) is 5.91 Å². The highest BCUT2D eigenvalue weighted by Crippen LogP contribution is 2.40. The fraction of sp³-hybridized carbons (Fsp3) is 0.300. The number of methoxy groups -OCH3 is 1. The Morgan fingerprint density at radius 1 is 1.32 bits per heavy atom. The molecule has 0 aliphatic heterocycles. The molecule has 2 rings (SSSR count). The molecule has 2 N–H and O–H groups in total. The van der Waals surface area contributed by atoms with E-state index in [0.717, 1.165) is 20.1 Å². The van der Waals surface area contributed by atoms with Crippen molar-refractivity contribution in [1.82, 2.24) is 5.43 Å². The molecule has 0 bridgehead atoms. The van der Waals surface area contributed by atoms with Crippen molar-refractivity contribution >= 4 is 44.0 Å². The van der Waals surface area contributed by atoms with Gasteiger partial charge in [0.05, 0.1) is 17.8 Å². The SMILES string of the molecule is COc1cc(C=NNC(=O)COc2c(C(C)C)cc(Br)c(C)c2Br)ccc1O. The van der Waals surface area contributed by atoms with E-state index in [-0.39, 0.29) is 24.2 Å². The summed E-state index contributed by atoms with van der Waals surface area (Å²) in [5.74, 6) is 0.861. The van der Waals surface area contributed by atoms with Crippen molar-refractivity contribution in [3.05, 3.63) is 49.9 Å². The van der Waals surface area contributed by atoms with Gasteiger partial charge in [0.2, 0.25) is 0 Å². The van der Waals surface area contributed by atoms with Crippen LogP contribution in [0.25, 0.3) is 0 Å². The maximum Gasteiger partial charge on any atom is 0.277 e. The number of halogens is 2. The minimum atomic E-state index is -0.385. The summed E-state index contributed by atoms with van der Waals surface area (Å²) < 4.78 is 12.6. The summed E-state index contributed by atoms with van der Waals surface area (Å²) in [5, 5.41) is 13.5. The predicted molar refractivity (Wildman–Crippen MR) is 117 cm³/mol. The summed E-state index contributed by atoms with van der Waals surface area (Å²) in [6.45, 7) is 5.91. The average Bonchev–Trinajstić information content (AvgIpc) is 2.66. The second-order valence-electron chi connectivity index (χ2n) is 6.38. The number of aromatic hydroxyl groups is 1. The number of phenols is 1. The van der Waals surface area contributed by atoms with Crippen LogP contribution >= 0.6 is 31.9 Å². The number of phenolic OH excluding ortho intramolecular Hbond substituents is 1. The third-order valence-electron chi connectivity index (χ3n) is 4.01. The normalized spacial score (nSPS) is 11.1. The standard InChI is InChI=1S/C20H22Br2N2O4/c1-11(2)14-8-15(21)12(3)19(22)20(14)28-10-18(26)24-23-9-13-5-6-16(25)17(7-13)27-4/h5-9,11,25H,10H2,1-4H3,(H,24,26). The van der Waals surface area contributed by atoms with Crippen molar-refractivity contribution in [2.75, 3.05) is 13.7 Å². The molecule has 2 aromatic rings. The number of hydrogen-bond acceptors (Lipinski definition) is 5. The van der Waals surface area contributed by atoms with Crippen LogP contribution in [0.1, 0.15) is 36.5 Å². The molecule has 0 aromatic heterocycles. The third-order valence-corrected chi connectivity index (χ3v) is 5.79. The second-order valence-corrected chi connectivity index (χ2v) is 8.03. The highest BCUT2D eigenvalue weighted by molar-refractivity contribution is 9.11. The Balaban J connectivity index is 2.02. The van der Waals surface area contributed by atoms with Crippen molar-refractivity contribution in [2.45, 2.75) is 26.7 Å². The summed E-state index contributed by atoms with van der Waals surface area (Å²) in [6, 6.07) is 6.76. The molecule has 0 spiro atoms. The largest absolute Gasteiger partial charge is 0.504 e. The number of nitrogens with zero attached hydrogens (tertiary/aromatic N) is 1. The number of nitrogens with one attached hydrogen (secondary N) is 1. The Labute approximate surface area is 181 Å². The first kappa shape index (κ1) is 22.2. The average molecular weight is 514 g/mol. The first-order valence-corrected chi connectivity index (χ1v) is 10.1. The first-order chi connectivity index (χ1) is 13.2. The Hall–Kier alpha value is -2.06. The molecule has 0 radical (unpaired) electrons. The summed E-state index contributed by atoms with van der Waals surface area (Å²) >= 11 is 7.10. The molecule has 150 valence electrons. The van der Waals surface area contributed by atoms with Gasteiger partial charge in [-0.1, -0.05) is 29.8 Å². The van der Waals surface area contributed by atoms with Crippen LogP contribution in [0, 0.1) is 6.92 Å². The van der Waals surface area contributed by atoms with Gasteiger partial charge in [0.1, 0.15) is 5.75 Å². The molecule has 0 saturated heterocycles. The van der Waals surface area contributed by atoms with Gasteiger partial charge in [-0.3, -0.25) is 4.79 Å². The molecular weight excluding hydrogens is 492 g/mol. The van der Waals surface area contributed by atoms with Crippen LogP contribution in [0.3, 0.4) is 0 Å². The molecule has 0 unspecified atom stereocenters. The molecule has 0 heterocycles. The van der Waals surface area contributed by atoms with Gasteiger partial charge < -0.3 is 14.6 Å². The molecule has 0 saturated carbocycles. The van der Waals surface area contributed by atoms with E-state index in [9.17, 15) is 9.90 Å². The van der Waals surface area contributed by atoms with Crippen LogP contribution < -0.4 is 14.9 Å². The van der Waals surface area contributed by atoms with E-state index in [1.807, 2.05) is 13.0 Å². The number of amides is 1. The van der Waals surface area contributed by atoms with Crippen molar-refractivity contribution in [1.29, 1.82) is 0 Å². The smallest absolute Gasteiger partial charge is 0.277 e. The van der Waals surface area contributed by atoms with Gasteiger partial charge in [-0.25, -0.2) is 5.43 Å². The van der Waals surface area contributed by atoms with Crippen molar-refractivity contribution in [2.24, 2.45) is 5.10 Å².